The van der Waals surface area contributed by atoms with Gasteiger partial charge in [0, 0.05) is 51.1 Å². The molecule has 3 heterocycles. The van der Waals surface area contributed by atoms with Gasteiger partial charge >= 0.3 is 0 Å². The van der Waals surface area contributed by atoms with Gasteiger partial charge < -0.3 is 25.4 Å². The van der Waals surface area contributed by atoms with Crippen molar-refractivity contribution in [3.05, 3.63) is 12.2 Å². The number of hydrogen-bond donors (Lipinski definition) is 4. The normalized spacial score (nSPS) is 35.6. The summed E-state index contributed by atoms with van der Waals surface area (Å²) in [6, 6.07) is 1.92. The number of aliphatic hydroxyl groups is 1. The van der Waals surface area contributed by atoms with Gasteiger partial charge in [0.1, 0.15) is 5.60 Å². The Kier molecular flexibility index (Phi) is 11.4. The molecule has 0 aromatic carbocycles. The molecule has 10 heteroatoms. The molecule has 5 rings (SSSR count). The van der Waals surface area contributed by atoms with Crippen LogP contribution in [0, 0.1) is 40.9 Å². The number of fused-ring (bicyclic) bond motifs is 1. The van der Waals surface area contributed by atoms with E-state index in [0.29, 0.717) is 57.3 Å². The zero-order chi connectivity index (χ0) is 31.3. The fraction of sp³-hybridized carbons (Fsp3) is 0.824. The Hall–Kier alpha value is -2.02. The van der Waals surface area contributed by atoms with Gasteiger partial charge in [-0.15, -0.1) is 0 Å². The minimum Gasteiger partial charge on any atom is -0.377 e. The van der Waals surface area contributed by atoms with Gasteiger partial charge in [-0.05, 0) is 71.4 Å². The van der Waals surface area contributed by atoms with Crippen molar-refractivity contribution in [2.75, 3.05) is 40.4 Å². The molecule has 3 aliphatic heterocycles. The number of hydrogen-bond acceptors (Lipinski definition) is 9. The van der Waals surface area contributed by atoms with E-state index >= 15 is 0 Å². The molecule has 0 spiro atoms. The number of likely N-dealkylation sites (tertiary alicyclic amines) is 2. The van der Waals surface area contributed by atoms with Crippen LogP contribution < -0.4 is 16.4 Å². The summed E-state index contributed by atoms with van der Waals surface area (Å²) in [4.78, 5) is 18.7. The Labute approximate surface area is 264 Å². The van der Waals surface area contributed by atoms with E-state index in [-0.39, 0.29) is 42.2 Å². The number of carbonyl (C=O) groups excluding carboxylic acids is 1. The predicted molar refractivity (Wildman–Crippen MR) is 171 cm³/mol. The van der Waals surface area contributed by atoms with Gasteiger partial charge in [-0.2, -0.15) is 5.26 Å². The molecule has 0 radical (unpaired) electrons. The minimum absolute atomic E-state index is 0.0218. The first-order valence-electron chi connectivity index (χ1n) is 17.1. The summed E-state index contributed by atoms with van der Waals surface area (Å²) in [6.45, 7) is 4.18. The molecule has 6 unspecified atom stereocenters. The lowest BCUT2D eigenvalue weighted by Crippen LogP contribution is -2.64. The predicted octanol–water partition coefficient (Wildman–Crippen LogP) is 1.96. The van der Waals surface area contributed by atoms with Crippen LogP contribution in [0.1, 0.15) is 77.6 Å². The first kappa shape index (κ1) is 33.3. The van der Waals surface area contributed by atoms with Gasteiger partial charge in [0.25, 0.3) is 0 Å². The number of nitrogens with two attached hydrogens (primary N) is 1. The Morgan fingerprint density at radius 3 is 2.43 bits per heavy atom. The number of nitriles is 1. The van der Waals surface area contributed by atoms with Crippen molar-refractivity contribution >= 4 is 5.91 Å². The van der Waals surface area contributed by atoms with E-state index in [1.165, 1.54) is 32.1 Å². The first-order valence-corrected chi connectivity index (χ1v) is 17.1. The highest BCUT2D eigenvalue weighted by Crippen LogP contribution is 2.47. The van der Waals surface area contributed by atoms with Crippen molar-refractivity contribution in [2.45, 2.75) is 120 Å². The van der Waals surface area contributed by atoms with Crippen molar-refractivity contribution in [1.82, 2.24) is 25.3 Å². The summed E-state index contributed by atoms with van der Waals surface area (Å²) in [7, 11) is 3.93. The van der Waals surface area contributed by atoms with E-state index in [0.717, 1.165) is 25.7 Å². The molecule has 5 N–H and O–H groups in total. The Bertz CT molecular complexity index is 1090. The van der Waals surface area contributed by atoms with E-state index in [2.05, 4.69) is 33.4 Å². The largest absolute Gasteiger partial charge is 0.377 e. The van der Waals surface area contributed by atoms with Gasteiger partial charge in [0.15, 0.2) is 0 Å². The fourth-order valence-electron chi connectivity index (χ4n) is 8.36. The van der Waals surface area contributed by atoms with Gasteiger partial charge in [0.2, 0.25) is 5.91 Å². The molecule has 0 bridgehead atoms. The third-order valence-electron chi connectivity index (χ3n) is 10.8. The molecule has 3 saturated heterocycles. The van der Waals surface area contributed by atoms with E-state index < -0.39 is 5.60 Å². The Morgan fingerprint density at radius 1 is 1.09 bits per heavy atom. The second-order valence-corrected chi connectivity index (χ2v) is 14.1. The van der Waals surface area contributed by atoms with Crippen LogP contribution in [0.2, 0.25) is 0 Å². The fourth-order valence-corrected chi connectivity index (χ4v) is 8.36. The standard InChI is InChI=1S/C34H55N7O3/c1-24(22-35)41-28(15-16-34(43)17-20-40(21-18-34)29(42)10-7-19-39(2)3)30(31-32(36)37-23-38-33(31)41)25-11-13-27(14-12-25)44-26-8-5-4-6-9-26/h7,10,24-28,30-33,37-38,43H,4-6,8-9,11-14,17-21,23,36H2,1-3H3/b10-7+. The lowest BCUT2D eigenvalue weighted by molar-refractivity contribution is -0.128. The highest BCUT2D eigenvalue weighted by atomic mass is 16.5. The maximum atomic E-state index is 12.7. The second-order valence-electron chi connectivity index (χ2n) is 14.1. The van der Waals surface area contributed by atoms with Gasteiger partial charge in [-0.1, -0.05) is 37.2 Å². The molecule has 244 valence electrons. The minimum atomic E-state index is -1.16. The SMILES string of the molecule is CC(C#N)N1C(C#CC2(O)CCN(C(=O)/C=C/CN(C)C)CC2)C(C2CCC(OC3CCCCC3)CC2)C2C(N)NCNC21. The van der Waals surface area contributed by atoms with Gasteiger partial charge in [0.05, 0.1) is 42.7 Å². The van der Waals surface area contributed by atoms with E-state index in [9.17, 15) is 15.2 Å². The monoisotopic (exact) mass is 609 g/mol. The number of rotatable bonds is 7. The Balaban J connectivity index is 1.31. The van der Waals surface area contributed by atoms with Crippen LogP contribution in [0.4, 0.5) is 0 Å². The molecule has 44 heavy (non-hydrogen) atoms. The highest BCUT2D eigenvalue weighted by Gasteiger charge is 2.56. The smallest absolute Gasteiger partial charge is 0.246 e. The number of carbonyl (C=O) groups is 1. The van der Waals surface area contributed by atoms with Crippen LogP contribution in [0.3, 0.4) is 0 Å². The topological polar surface area (TPSA) is 130 Å². The molecule has 2 saturated carbocycles. The molecule has 6 atom stereocenters. The molecule has 5 aliphatic rings. The van der Waals surface area contributed by atoms with E-state index in [4.69, 9.17) is 10.5 Å². The third kappa shape index (κ3) is 7.85. The van der Waals surface area contributed by atoms with Gasteiger partial charge in [-0.25, -0.2) is 0 Å². The first-order chi connectivity index (χ1) is 21.2. The molecule has 2 aliphatic carbocycles. The molecule has 1 amide bonds. The van der Waals surface area contributed by atoms with Crippen LogP contribution in [-0.4, -0.2) is 108 Å². The van der Waals surface area contributed by atoms with Crippen LogP contribution in [0.25, 0.3) is 0 Å². The van der Waals surface area contributed by atoms with Crippen molar-refractivity contribution in [3.63, 3.8) is 0 Å². The summed E-state index contributed by atoms with van der Waals surface area (Å²) in [6.07, 6.45) is 15.3. The number of ether oxygens (including phenoxy) is 1. The van der Waals surface area contributed by atoms with Crippen LogP contribution in [0.5, 0.6) is 0 Å². The van der Waals surface area contributed by atoms with Crippen LogP contribution in [-0.2, 0) is 9.53 Å². The zero-order valence-electron chi connectivity index (χ0n) is 27.1. The summed E-state index contributed by atoms with van der Waals surface area (Å²) in [5.41, 5.74) is 5.60. The molecule has 5 fully saturated rings. The summed E-state index contributed by atoms with van der Waals surface area (Å²) < 4.78 is 6.57. The number of nitrogens with one attached hydrogen (secondary N) is 2. The second kappa shape index (κ2) is 15.0. The average Bonchev–Trinajstić information content (AvgIpc) is 3.36. The van der Waals surface area contributed by atoms with Crippen LogP contribution >= 0.6 is 0 Å². The molecule has 0 aromatic rings. The number of amides is 1. The van der Waals surface area contributed by atoms with Gasteiger partial charge in [-0.3, -0.25) is 20.3 Å². The number of nitrogens with zero attached hydrogens (tertiary/aromatic N) is 4. The van der Waals surface area contributed by atoms with Crippen molar-refractivity contribution < 1.29 is 14.6 Å². The van der Waals surface area contributed by atoms with Crippen molar-refractivity contribution in [3.8, 4) is 17.9 Å². The lowest BCUT2D eigenvalue weighted by atomic mass is 9.70. The summed E-state index contributed by atoms with van der Waals surface area (Å²) in [5, 5.41) is 28.7. The average molecular weight is 610 g/mol. The summed E-state index contributed by atoms with van der Waals surface area (Å²) in [5.74, 6) is 7.51. The zero-order valence-corrected chi connectivity index (χ0v) is 27.1. The third-order valence-corrected chi connectivity index (χ3v) is 10.8. The maximum absolute atomic E-state index is 12.7. The quantitative estimate of drug-likeness (QED) is 0.253. The summed E-state index contributed by atoms with van der Waals surface area (Å²) >= 11 is 0. The molecular formula is C34H55N7O3. The van der Waals surface area contributed by atoms with E-state index in [1.54, 1.807) is 11.0 Å². The van der Waals surface area contributed by atoms with Crippen molar-refractivity contribution in [2.24, 2.45) is 23.5 Å². The molecular weight excluding hydrogens is 554 g/mol. The number of piperidine rings is 1. The van der Waals surface area contributed by atoms with Crippen LogP contribution in [0.15, 0.2) is 12.2 Å². The Morgan fingerprint density at radius 2 is 1.77 bits per heavy atom. The van der Waals surface area contributed by atoms with E-state index in [1.807, 2.05) is 32.0 Å². The highest BCUT2D eigenvalue weighted by molar-refractivity contribution is 5.87. The number of likely N-dealkylation sites (N-methyl/N-ethyl adjacent to an activating group) is 1. The lowest BCUT2D eigenvalue weighted by Gasteiger charge is -2.41. The molecule has 10 nitrogen and oxygen atoms in total. The molecule has 0 aromatic heterocycles. The van der Waals surface area contributed by atoms with Crippen molar-refractivity contribution in [1.29, 1.82) is 5.26 Å². The maximum Gasteiger partial charge on any atom is 0.246 e.